The molecule has 1 amide bonds. The van der Waals surface area contributed by atoms with Gasteiger partial charge < -0.3 is 16.0 Å². The van der Waals surface area contributed by atoms with Crippen LogP contribution < -0.4 is 11.1 Å². The molecule has 0 unspecified atom stereocenters. The monoisotopic (exact) mass is 173 g/mol. The zero-order valence-electron chi connectivity index (χ0n) is 7.97. The lowest BCUT2D eigenvalue weighted by Gasteiger charge is -2.16. The summed E-state index contributed by atoms with van der Waals surface area (Å²) in [5.41, 5.74) is 5.29. The van der Waals surface area contributed by atoms with Gasteiger partial charge in [-0.3, -0.25) is 4.79 Å². The SMILES string of the molecule is CNCCN(C)C(=O)CCCN. The zero-order valence-corrected chi connectivity index (χ0v) is 7.97. The zero-order chi connectivity index (χ0) is 9.40. The molecule has 0 aromatic carbocycles. The minimum Gasteiger partial charge on any atom is -0.344 e. The van der Waals surface area contributed by atoms with Crippen LogP contribution in [0.5, 0.6) is 0 Å². The van der Waals surface area contributed by atoms with E-state index in [1.165, 1.54) is 0 Å². The van der Waals surface area contributed by atoms with Crippen molar-refractivity contribution >= 4 is 5.91 Å². The molecule has 12 heavy (non-hydrogen) atoms. The number of hydrogen-bond acceptors (Lipinski definition) is 3. The minimum absolute atomic E-state index is 0.177. The number of carbonyl (C=O) groups excluding carboxylic acids is 1. The molecule has 0 fully saturated rings. The molecule has 3 N–H and O–H groups in total. The number of rotatable bonds is 6. The Hall–Kier alpha value is -0.610. The Morgan fingerprint density at radius 2 is 2.25 bits per heavy atom. The maximum atomic E-state index is 11.3. The number of amides is 1. The second kappa shape index (κ2) is 7.06. The van der Waals surface area contributed by atoms with E-state index in [0.717, 1.165) is 19.5 Å². The first-order valence-electron chi connectivity index (χ1n) is 4.31. The standard InChI is InChI=1S/C8H19N3O/c1-10-6-7-11(2)8(12)4-3-5-9/h10H,3-7,9H2,1-2H3. The number of carbonyl (C=O) groups is 1. The molecule has 0 saturated heterocycles. The van der Waals surface area contributed by atoms with Crippen LogP contribution in [0.4, 0.5) is 0 Å². The summed E-state index contributed by atoms with van der Waals surface area (Å²) in [6.07, 6.45) is 1.35. The summed E-state index contributed by atoms with van der Waals surface area (Å²) in [6.45, 7) is 2.19. The van der Waals surface area contributed by atoms with Gasteiger partial charge in [-0.1, -0.05) is 0 Å². The highest BCUT2D eigenvalue weighted by Crippen LogP contribution is 1.92. The van der Waals surface area contributed by atoms with Gasteiger partial charge in [-0.25, -0.2) is 0 Å². The van der Waals surface area contributed by atoms with E-state index in [2.05, 4.69) is 5.32 Å². The Bertz CT molecular complexity index is 127. The van der Waals surface area contributed by atoms with Crippen molar-refractivity contribution in [3.63, 3.8) is 0 Å². The van der Waals surface area contributed by atoms with E-state index in [1.54, 1.807) is 4.90 Å². The molecule has 0 spiro atoms. The summed E-state index contributed by atoms with van der Waals surface area (Å²) >= 11 is 0. The summed E-state index contributed by atoms with van der Waals surface area (Å²) in [4.78, 5) is 13.0. The predicted octanol–water partition coefficient (Wildman–Crippen LogP) is -0.597. The average molecular weight is 173 g/mol. The molecule has 0 aliphatic rings. The third-order valence-corrected chi connectivity index (χ3v) is 1.72. The van der Waals surface area contributed by atoms with Crippen molar-refractivity contribution in [2.75, 3.05) is 33.7 Å². The lowest BCUT2D eigenvalue weighted by atomic mass is 10.3. The second-order valence-electron chi connectivity index (χ2n) is 2.81. The number of nitrogens with zero attached hydrogens (tertiary/aromatic N) is 1. The molecule has 0 radical (unpaired) electrons. The fraction of sp³-hybridized carbons (Fsp3) is 0.875. The molecule has 0 atom stereocenters. The van der Waals surface area contributed by atoms with Gasteiger partial charge in [0, 0.05) is 26.6 Å². The van der Waals surface area contributed by atoms with Gasteiger partial charge in [0.25, 0.3) is 0 Å². The lowest BCUT2D eigenvalue weighted by molar-refractivity contribution is -0.129. The van der Waals surface area contributed by atoms with Crippen molar-refractivity contribution in [2.45, 2.75) is 12.8 Å². The van der Waals surface area contributed by atoms with Crippen LogP contribution in [0, 0.1) is 0 Å². The lowest BCUT2D eigenvalue weighted by Crippen LogP contribution is -2.32. The number of likely N-dealkylation sites (N-methyl/N-ethyl adjacent to an activating group) is 2. The quantitative estimate of drug-likeness (QED) is 0.564. The van der Waals surface area contributed by atoms with Gasteiger partial charge in [0.1, 0.15) is 0 Å². The molecule has 4 nitrogen and oxygen atoms in total. The molecule has 0 saturated carbocycles. The summed E-state index contributed by atoms with van der Waals surface area (Å²) in [5, 5.41) is 2.99. The summed E-state index contributed by atoms with van der Waals surface area (Å²) in [6, 6.07) is 0. The van der Waals surface area contributed by atoms with E-state index in [9.17, 15) is 4.79 Å². The smallest absolute Gasteiger partial charge is 0.222 e. The van der Waals surface area contributed by atoms with Crippen LogP contribution in [0.25, 0.3) is 0 Å². The van der Waals surface area contributed by atoms with Crippen LogP contribution in [0.15, 0.2) is 0 Å². The summed E-state index contributed by atoms with van der Waals surface area (Å²) < 4.78 is 0. The van der Waals surface area contributed by atoms with E-state index < -0.39 is 0 Å². The summed E-state index contributed by atoms with van der Waals surface area (Å²) in [5.74, 6) is 0.177. The van der Waals surface area contributed by atoms with E-state index >= 15 is 0 Å². The Kier molecular flexibility index (Phi) is 6.70. The molecular weight excluding hydrogens is 154 g/mol. The molecule has 0 rings (SSSR count). The van der Waals surface area contributed by atoms with Crippen molar-refractivity contribution in [2.24, 2.45) is 5.73 Å². The Morgan fingerprint density at radius 1 is 1.58 bits per heavy atom. The van der Waals surface area contributed by atoms with Gasteiger partial charge in [0.05, 0.1) is 0 Å². The fourth-order valence-corrected chi connectivity index (χ4v) is 0.848. The first kappa shape index (κ1) is 11.4. The van der Waals surface area contributed by atoms with Crippen LogP contribution in [-0.2, 0) is 4.79 Å². The molecule has 4 heteroatoms. The van der Waals surface area contributed by atoms with Gasteiger partial charge in [0.15, 0.2) is 0 Å². The normalized spacial score (nSPS) is 9.92. The van der Waals surface area contributed by atoms with Gasteiger partial charge in [-0.15, -0.1) is 0 Å². The van der Waals surface area contributed by atoms with Crippen LogP contribution in [0.1, 0.15) is 12.8 Å². The first-order valence-corrected chi connectivity index (χ1v) is 4.31. The molecule has 0 aliphatic carbocycles. The van der Waals surface area contributed by atoms with Crippen molar-refractivity contribution in [1.29, 1.82) is 0 Å². The topological polar surface area (TPSA) is 58.4 Å². The largest absolute Gasteiger partial charge is 0.344 e. The highest BCUT2D eigenvalue weighted by Gasteiger charge is 2.05. The third kappa shape index (κ3) is 5.09. The molecule has 0 heterocycles. The maximum absolute atomic E-state index is 11.3. The van der Waals surface area contributed by atoms with Crippen molar-refractivity contribution in [1.82, 2.24) is 10.2 Å². The van der Waals surface area contributed by atoms with Crippen molar-refractivity contribution < 1.29 is 4.79 Å². The van der Waals surface area contributed by atoms with Gasteiger partial charge in [-0.2, -0.15) is 0 Å². The Labute approximate surface area is 74.1 Å². The highest BCUT2D eigenvalue weighted by atomic mass is 16.2. The average Bonchev–Trinajstić information content (AvgIpc) is 2.10. The van der Waals surface area contributed by atoms with Crippen molar-refractivity contribution in [3.8, 4) is 0 Å². The number of hydrogen-bond donors (Lipinski definition) is 2. The molecule has 0 bridgehead atoms. The molecule has 0 aromatic rings. The van der Waals surface area contributed by atoms with E-state index in [4.69, 9.17) is 5.73 Å². The molecule has 72 valence electrons. The van der Waals surface area contributed by atoms with Gasteiger partial charge in [-0.05, 0) is 20.0 Å². The van der Waals surface area contributed by atoms with Gasteiger partial charge in [0.2, 0.25) is 5.91 Å². The molecule has 0 aliphatic heterocycles. The maximum Gasteiger partial charge on any atom is 0.222 e. The van der Waals surface area contributed by atoms with Crippen LogP contribution in [0.2, 0.25) is 0 Å². The summed E-state index contributed by atoms with van der Waals surface area (Å²) in [7, 11) is 3.69. The Balaban J connectivity index is 3.47. The van der Waals surface area contributed by atoms with Gasteiger partial charge >= 0.3 is 0 Å². The molecule has 0 aromatic heterocycles. The Morgan fingerprint density at radius 3 is 2.75 bits per heavy atom. The molecular formula is C8H19N3O. The number of nitrogens with one attached hydrogen (secondary N) is 1. The predicted molar refractivity (Wildman–Crippen MR) is 49.9 cm³/mol. The van der Waals surface area contributed by atoms with E-state index in [1.807, 2.05) is 14.1 Å². The van der Waals surface area contributed by atoms with E-state index in [-0.39, 0.29) is 5.91 Å². The fourth-order valence-electron chi connectivity index (χ4n) is 0.848. The van der Waals surface area contributed by atoms with E-state index in [0.29, 0.717) is 13.0 Å². The van der Waals surface area contributed by atoms with Crippen LogP contribution in [0.3, 0.4) is 0 Å². The third-order valence-electron chi connectivity index (χ3n) is 1.72. The second-order valence-corrected chi connectivity index (χ2v) is 2.81. The van der Waals surface area contributed by atoms with Crippen LogP contribution >= 0.6 is 0 Å². The minimum atomic E-state index is 0.177. The van der Waals surface area contributed by atoms with Crippen LogP contribution in [-0.4, -0.2) is 44.5 Å². The first-order chi connectivity index (χ1) is 5.72. The number of nitrogens with two attached hydrogens (primary N) is 1. The van der Waals surface area contributed by atoms with Crippen molar-refractivity contribution in [3.05, 3.63) is 0 Å². The highest BCUT2D eigenvalue weighted by molar-refractivity contribution is 5.75.